The number of rotatable bonds is 6. The quantitative estimate of drug-likeness (QED) is 0.162. The van der Waals surface area contributed by atoms with Crippen molar-refractivity contribution in [1.82, 2.24) is 13.7 Å². The molecule has 0 bridgehead atoms. The lowest BCUT2D eigenvalue weighted by atomic mass is 9.70. The zero-order valence-corrected chi connectivity index (χ0v) is 43.0. The molecule has 3 aliphatic rings. The van der Waals surface area contributed by atoms with Crippen molar-refractivity contribution in [1.29, 1.82) is 0 Å². The van der Waals surface area contributed by atoms with Crippen LogP contribution in [0.1, 0.15) is 35.6 Å². The van der Waals surface area contributed by atoms with Gasteiger partial charge in [0.1, 0.15) is 0 Å². The zero-order valence-electron chi connectivity index (χ0n) is 43.0. The first-order chi connectivity index (χ1) is 38.6. The van der Waals surface area contributed by atoms with E-state index >= 15 is 0 Å². The van der Waals surface area contributed by atoms with Gasteiger partial charge in [-0.2, -0.15) is 0 Å². The number of aromatic nitrogens is 3. The topological polar surface area (TPSA) is 18.0 Å². The monoisotopic (exact) mass is 994 g/mol. The van der Waals surface area contributed by atoms with Gasteiger partial charge in [-0.3, -0.25) is 0 Å². The van der Waals surface area contributed by atoms with Crippen LogP contribution in [-0.4, -0.2) is 19.2 Å². The van der Waals surface area contributed by atoms with Crippen LogP contribution >= 0.6 is 0 Å². The minimum Gasteiger partial charge on any atom is -0.332 e. The van der Waals surface area contributed by atoms with E-state index in [2.05, 4.69) is 299 Å². The van der Waals surface area contributed by atoms with E-state index in [1.54, 1.807) is 0 Å². The molecule has 1 unspecified atom stereocenters. The standard InChI is InChI=1S/C74H50N4/c1-73(43-42-61-58-29-13-19-35-69(58)77(72(61)47-73)50-36-39-59-56-27-11-17-33-67(56)75(70(59)45-50)48-20-4-2-5-21-48)78(52-37-40-60-57-28-12-18-34-68(57)76(71(60)46-52)49-22-6-3-7-23-49)51-38-41-66-62(44-51)55-26-10-16-32-65(55)74(66)63-30-14-8-24-53(63)54-25-9-15-31-64(54)74/h2-42,44-47H,43H2,1H3. The normalized spacial score (nSPS) is 15.6. The van der Waals surface area contributed by atoms with E-state index in [1.165, 1.54) is 110 Å². The molecule has 0 radical (unpaired) electrons. The number of anilines is 2. The molecule has 1 spiro atoms. The third-order valence-corrected chi connectivity index (χ3v) is 17.7. The molecular formula is C74H50N4. The molecule has 3 aromatic heterocycles. The van der Waals surface area contributed by atoms with Crippen LogP contribution in [0, 0.1) is 0 Å². The molecule has 17 rings (SSSR count). The van der Waals surface area contributed by atoms with Crippen LogP contribution in [0.2, 0.25) is 0 Å². The van der Waals surface area contributed by atoms with Gasteiger partial charge in [0.2, 0.25) is 0 Å². The van der Waals surface area contributed by atoms with Gasteiger partial charge in [-0.15, -0.1) is 0 Å². The molecule has 78 heavy (non-hydrogen) atoms. The molecule has 0 saturated heterocycles. The molecule has 11 aromatic carbocycles. The number of hydrogen-bond acceptors (Lipinski definition) is 1. The Balaban J connectivity index is 0.932. The Labute approximate surface area is 451 Å². The summed E-state index contributed by atoms with van der Waals surface area (Å²) in [6.07, 6.45) is 5.89. The van der Waals surface area contributed by atoms with E-state index in [0.29, 0.717) is 0 Å². The summed E-state index contributed by atoms with van der Waals surface area (Å²) in [6, 6.07) is 97.3. The molecule has 14 aromatic rings. The van der Waals surface area contributed by atoms with Crippen LogP contribution < -0.4 is 15.5 Å². The summed E-state index contributed by atoms with van der Waals surface area (Å²) in [5, 5.41) is 8.69. The maximum atomic E-state index is 2.65. The Kier molecular flexibility index (Phi) is 8.93. The second-order valence-electron chi connectivity index (χ2n) is 21.8. The summed E-state index contributed by atoms with van der Waals surface area (Å²) in [5.41, 5.74) is 21.2. The van der Waals surface area contributed by atoms with Gasteiger partial charge in [0, 0.05) is 60.6 Å². The van der Waals surface area contributed by atoms with Crippen molar-refractivity contribution >= 4 is 78.0 Å². The highest BCUT2D eigenvalue weighted by molar-refractivity contribution is 6.11. The Hall–Kier alpha value is -9.90. The van der Waals surface area contributed by atoms with Gasteiger partial charge in [-0.25, -0.2) is 0 Å². The fraction of sp³-hybridized carbons (Fsp3) is 0.0541. The number of para-hydroxylation sites is 5. The van der Waals surface area contributed by atoms with Crippen LogP contribution in [0.25, 0.3) is 106 Å². The molecule has 1 atom stereocenters. The lowest BCUT2D eigenvalue weighted by Crippen LogP contribution is -2.48. The second kappa shape index (κ2) is 16.1. The molecule has 0 N–H and O–H groups in total. The molecule has 4 heteroatoms. The third-order valence-electron chi connectivity index (χ3n) is 17.7. The van der Waals surface area contributed by atoms with Crippen LogP contribution in [-0.2, 0) is 5.41 Å². The molecule has 0 saturated carbocycles. The number of benzene rings is 11. The molecule has 0 amide bonds. The lowest BCUT2D eigenvalue weighted by molar-refractivity contribution is 0.614. The fourth-order valence-electron chi connectivity index (χ4n) is 14.6. The summed E-state index contributed by atoms with van der Waals surface area (Å²) in [4.78, 5) is 2.65. The Morgan fingerprint density at radius 1 is 0.333 bits per heavy atom. The summed E-state index contributed by atoms with van der Waals surface area (Å²) < 4.78 is 7.40. The minimum atomic E-state index is -0.546. The molecule has 4 nitrogen and oxygen atoms in total. The second-order valence-corrected chi connectivity index (χ2v) is 21.8. The lowest BCUT2D eigenvalue weighted by Gasteiger charge is -2.42. The Morgan fingerprint density at radius 2 is 0.769 bits per heavy atom. The van der Waals surface area contributed by atoms with Crippen molar-refractivity contribution in [2.45, 2.75) is 24.3 Å². The average molecular weight is 995 g/mol. The molecule has 366 valence electrons. The van der Waals surface area contributed by atoms with Crippen molar-refractivity contribution in [3.63, 3.8) is 0 Å². The van der Waals surface area contributed by atoms with Crippen molar-refractivity contribution < 1.29 is 0 Å². The first-order valence-corrected chi connectivity index (χ1v) is 27.3. The summed E-state index contributed by atoms with van der Waals surface area (Å²) in [6.45, 7) is 2.45. The molecule has 3 aliphatic carbocycles. The van der Waals surface area contributed by atoms with Crippen molar-refractivity contribution in [2.75, 3.05) is 4.90 Å². The van der Waals surface area contributed by atoms with E-state index < -0.39 is 11.0 Å². The van der Waals surface area contributed by atoms with E-state index in [1.807, 2.05) is 0 Å². The maximum Gasteiger partial charge on any atom is 0.0725 e. The first-order valence-electron chi connectivity index (χ1n) is 27.3. The Morgan fingerprint density at radius 3 is 1.37 bits per heavy atom. The van der Waals surface area contributed by atoms with Crippen molar-refractivity contribution in [2.24, 2.45) is 0 Å². The number of hydrogen-bond donors (Lipinski definition) is 0. The smallest absolute Gasteiger partial charge is 0.0725 e. The van der Waals surface area contributed by atoms with E-state index in [4.69, 9.17) is 0 Å². The summed E-state index contributed by atoms with van der Waals surface area (Å²) in [7, 11) is 0. The number of fused-ring (bicyclic) bond motifs is 19. The van der Waals surface area contributed by atoms with Gasteiger partial charge in [0.25, 0.3) is 0 Å². The maximum absolute atomic E-state index is 2.65. The molecule has 3 heterocycles. The molecule has 0 aliphatic heterocycles. The van der Waals surface area contributed by atoms with E-state index in [-0.39, 0.29) is 0 Å². The van der Waals surface area contributed by atoms with E-state index in [0.717, 1.165) is 34.9 Å². The highest BCUT2D eigenvalue weighted by atomic mass is 15.2. The predicted octanol–water partition coefficient (Wildman–Crippen LogP) is 16.7. The van der Waals surface area contributed by atoms with Gasteiger partial charge in [-0.05, 0) is 143 Å². The van der Waals surface area contributed by atoms with Gasteiger partial charge < -0.3 is 18.6 Å². The summed E-state index contributed by atoms with van der Waals surface area (Å²) >= 11 is 0. The molecular weight excluding hydrogens is 945 g/mol. The van der Waals surface area contributed by atoms with Crippen LogP contribution in [0.3, 0.4) is 0 Å². The SMILES string of the molecule is CC1(N(c2ccc3c(c2)-c2ccccc2C32c3ccccc3-c3ccccc32)c2ccc3c4ccccc4n(-c4ccccc4)c3c2)C=c2c(c3ccccc3n2-c2ccc3c4ccccc4n(-c4ccccc4)c3c2)=CC1. The van der Waals surface area contributed by atoms with Crippen LogP contribution in [0.4, 0.5) is 11.4 Å². The summed E-state index contributed by atoms with van der Waals surface area (Å²) in [5.74, 6) is 0. The highest BCUT2D eigenvalue weighted by Gasteiger charge is 2.51. The van der Waals surface area contributed by atoms with Crippen LogP contribution in [0.5, 0.6) is 0 Å². The van der Waals surface area contributed by atoms with Gasteiger partial charge in [0.15, 0.2) is 0 Å². The largest absolute Gasteiger partial charge is 0.332 e. The van der Waals surface area contributed by atoms with E-state index in [9.17, 15) is 0 Å². The Bertz CT molecular complexity index is 4930. The van der Waals surface area contributed by atoms with Crippen molar-refractivity contribution in [3.05, 3.63) is 294 Å². The number of nitrogens with zero attached hydrogens (tertiary/aromatic N) is 4. The third kappa shape index (κ3) is 5.78. The van der Waals surface area contributed by atoms with Crippen LogP contribution in [0.15, 0.2) is 261 Å². The minimum absolute atomic E-state index is 0.435. The fourth-order valence-corrected chi connectivity index (χ4v) is 14.6. The first kappa shape index (κ1) is 43.4. The zero-order chi connectivity index (χ0) is 51.3. The van der Waals surface area contributed by atoms with Gasteiger partial charge >= 0.3 is 0 Å². The van der Waals surface area contributed by atoms with Crippen molar-refractivity contribution in [3.8, 4) is 39.3 Å². The molecule has 0 fully saturated rings. The highest BCUT2D eigenvalue weighted by Crippen LogP contribution is 2.63. The predicted molar refractivity (Wildman–Crippen MR) is 324 cm³/mol. The van der Waals surface area contributed by atoms with Gasteiger partial charge in [-0.1, -0.05) is 188 Å². The van der Waals surface area contributed by atoms with Gasteiger partial charge in [0.05, 0.1) is 43.9 Å². The average Bonchev–Trinajstić information content (AvgIpc) is 3.58.